The predicted molar refractivity (Wildman–Crippen MR) is 72.4 cm³/mol. The van der Waals surface area contributed by atoms with E-state index in [4.69, 9.17) is 0 Å². The van der Waals surface area contributed by atoms with Crippen LogP contribution in [0.5, 0.6) is 0 Å². The largest absolute Gasteiger partial charge is 0.316 e. The van der Waals surface area contributed by atoms with Gasteiger partial charge < -0.3 is 5.32 Å². The SMILES string of the molecule is CNC1C2CN3CN(C2)CC1(c1cccc(F)c1)C3. The zero-order valence-electron chi connectivity index (χ0n) is 11.3. The highest BCUT2D eigenvalue weighted by Gasteiger charge is 2.56. The van der Waals surface area contributed by atoms with E-state index in [1.807, 2.05) is 6.07 Å². The van der Waals surface area contributed by atoms with Crippen LogP contribution in [0.2, 0.25) is 0 Å². The van der Waals surface area contributed by atoms with Gasteiger partial charge in [-0.2, -0.15) is 0 Å². The minimum absolute atomic E-state index is 0.0519. The normalized spacial score (nSPS) is 43.7. The lowest BCUT2D eigenvalue weighted by Gasteiger charge is -2.63. The fourth-order valence-electron chi connectivity index (χ4n) is 4.73. The molecule has 0 aromatic heterocycles. The molecule has 0 saturated carbocycles. The highest BCUT2D eigenvalue weighted by molar-refractivity contribution is 5.34. The van der Waals surface area contributed by atoms with Gasteiger partial charge in [-0.3, -0.25) is 9.80 Å². The first-order valence-electron chi connectivity index (χ1n) is 7.09. The van der Waals surface area contributed by atoms with E-state index in [-0.39, 0.29) is 11.2 Å². The van der Waals surface area contributed by atoms with Gasteiger partial charge in [-0.05, 0) is 24.7 Å². The van der Waals surface area contributed by atoms with E-state index in [9.17, 15) is 4.39 Å². The zero-order chi connectivity index (χ0) is 13.0. The van der Waals surface area contributed by atoms with Crippen LogP contribution in [0.3, 0.4) is 0 Å². The third-order valence-corrected chi connectivity index (χ3v) is 5.17. The fourth-order valence-corrected chi connectivity index (χ4v) is 4.73. The van der Waals surface area contributed by atoms with Crippen molar-refractivity contribution < 1.29 is 4.39 Å². The molecule has 4 aliphatic heterocycles. The molecule has 1 aromatic carbocycles. The summed E-state index contributed by atoms with van der Waals surface area (Å²) in [5.74, 6) is 0.539. The lowest BCUT2D eigenvalue weighted by Crippen LogP contribution is -2.77. The van der Waals surface area contributed by atoms with Gasteiger partial charge in [0.05, 0.1) is 6.67 Å². The highest BCUT2D eigenvalue weighted by Crippen LogP contribution is 2.44. The molecular formula is C15H20FN3. The van der Waals surface area contributed by atoms with E-state index in [2.05, 4.69) is 28.2 Å². The third-order valence-electron chi connectivity index (χ3n) is 5.17. The monoisotopic (exact) mass is 261 g/mol. The number of rotatable bonds is 2. The Morgan fingerprint density at radius 2 is 2.00 bits per heavy atom. The Kier molecular flexibility index (Phi) is 2.50. The molecule has 0 spiro atoms. The maximum atomic E-state index is 13.6. The van der Waals surface area contributed by atoms with Crippen molar-refractivity contribution >= 4 is 0 Å². The number of halogens is 1. The van der Waals surface area contributed by atoms with Gasteiger partial charge in [-0.25, -0.2) is 4.39 Å². The average molecular weight is 261 g/mol. The number of nitrogens with one attached hydrogen (secondary N) is 1. The van der Waals surface area contributed by atoms with Gasteiger partial charge in [0.1, 0.15) is 5.82 Å². The first-order chi connectivity index (χ1) is 9.21. The Balaban J connectivity index is 1.82. The molecular weight excluding hydrogens is 241 g/mol. The highest BCUT2D eigenvalue weighted by atomic mass is 19.1. The summed E-state index contributed by atoms with van der Waals surface area (Å²) in [4.78, 5) is 5.05. The average Bonchev–Trinajstić information content (AvgIpc) is 2.38. The van der Waals surface area contributed by atoms with Crippen molar-refractivity contribution in [2.24, 2.45) is 5.92 Å². The summed E-state index contributed by atoms with van der Waals surface area (Å²) >= 11 is 0. The summed E-state index contributed by atoms with van der Waals surface area (Å²) in [7, 11) is 2.05. The van der Waals surface area contributed by atoms with E-state index >= 15 is 0 Å². The maximum absolute atomic E-state index is 13.6. The van der Waals surface area contributed by atoms with Crippen LogP contribution in [0.1, 0.15) is 5.56 Å². The van der Waals surface area contributed by atoms with Crippen LogP contribution >= 0.6 is 0 Å². The Morgan fingerprint density at radius 3 is 2.63 bits per heavy atom. The number of piperidine rings is 2. The summed E-state index contributed by atoms with van der Waals surface area (Å²) in [6, 6.07) is 7.68. The second-order valence-corrected chi connectivity index (χ2v) is 6.36. The standard InChI is InChI=1S/C15H20FN3/c1-17-14-11-6-18-8-15(14,9-19(7-11)10-18)12-3-2-4-13(16)5-12/h2-5,11,14,17H,6-10H2,1H3. The second-order valence-electron chi connectivity index (χ2n) is 6.36. The summed E-state index contributed by atoms with van der Waals surface area (Å²) in [6.45, 7) is 5.55. The van der Waals surface area contributed by atoms with Crippen molar-refractivity contribution in [3.05, 3.63) is 35.6 Å². The maximum Gasteiger partial charge on any atom is 0.123 e. The topological polar surface area (TPSA) is 18.5 Å². The van der Waals surface area contributed by atoms with Crippen LogP contribution in [-0.2, 0) is 5.41 Å². The van der Waals surface area contributed by atoms with Crippen LogP contribution in [0.4, 0.5) is 4.39 Å². The lowest BCUT2D eigenvalue weighted by molar-refractivity contribution is -0.106. The summed E-state index contributed by atoms with van der Waals surface area (Å²) in [5.41, 5.74) is 1.21. The third kappa shape index (κ3) is 1.60. The van der Waals surface area contributed by atoms with Crippen molar-refractivity contribution in [1.29, 1.82) is 0 Å². The van der Waals surface area contributed by atoms with Crippen LogP contribution in [0, 0.1) is 11.7 Å². The number of likely N-dealkylation sites (N-methyl/N-ethyl adjacent to an activating group) is 1. The Hall–Kier alpha value is -0.970. The molecule has 4 aliphatic rings. The molecule has 4 bridgehead atoms. The predicted octanol–water partition coefficient (Wildman–Crippen LogP) is 0.870. The van der Waals surface area contributed by atoms with Crippen molar-refractivity contribution in [2.75, 3.05) is 39.9 Å². The molecule has 0 aliphatic carbocycles. The number of benzene rings is 1. The van der Waals surface area contributed by atoms with Crippen molar-refractivity contribution in [1.82, 2.24) is 15.1 Å². The van der Waals surface area contributed by atoms with E-state index in [0.29, 0.717) is 12.0 Å². The number of nitrogens with zero attached hydrogens (tertiary/aromatic N) is 2. The first-order valence-corrected chi connectivity index (χ1v) is 7.09. The van der Waals surface area contributed by atoms with E-state index in [1.54, 1.807) is 12.1 Å². The molecule has 19 heavy (non-hydrogen) atoms. The van der Waals surface area contributed by atoms with Gasteiger partial charge in [0.15, 0.2) is 0 Å². The number of hydrogen-bond donors (Lipinski definition) is 1. The van der Waals surface area contributed by atoms with Crippen molar-refractivity contribution in [3.63, 3.8) is 0 Å². The Bertz CT molecular complexity index is 490. The molecule has 4 heterocycles. The molecule has 5 rings (SSSR count). The molecule has 3 nitrogen and oxygen atoms in total. The van der Waals surface area contributed by atoms with Gasteiger partial charge in [0.25, 0.3) is 0 Å². The smallest absolute Gasteiger partial charge is 0.123 e. The fraction of sp³-hybridized carbons (Fsp3) is 0.600. The molecule has 3 atom stereocenters. The van der Waals surface area contributed by atoms with Crippen molar-refractivity contribution in [2.45, 2.75) is 11.5 Å². The van der Waals surface area contributed by atoms with E-state index in [0.717, 1.165) is 25.3 Å². The van der Waals surface area contributed by atoms with E-state index in [1.165, 1.54) is 13.1 Å². The molecule has 1 aromatic rings. The number of hydrogen-bond acceptors (Lipinski definition) is 3. The summed E-state index contributed by atoms with van der Waals surface area (Å²) < 4.78 is 13.6. The molecule has 3 unspecified atom stereocenters. The second kappa shape index (κ2) is 4.01. The first kappa shape index (κ1) is 11.8. The molecule has 102 valence electrons. The van der Waals surface area contributed by atoms with Crippen LogP contribution in [0.25, 0.3) is 0 Å². The quantitative estimate of drug-likeness (QED) is 0.852. The van der Waals surface area contributed by atoms with Gasteiger partial charge in [0, 0.05) is 43.6 Å². The van der Waals surface area contributed by atoms with Crippen LogP contribution < -0.4 is 5.32 Å². The molecule has 4 saturated heterocycles. The minimum Gasteiger partial charge on any atom is -0.316 e. The molecule has 4 fully saturated rings. The van der Waals surface area contributed by atoms with Crippen molar-refractivity contribution in [3.8, 4) is 0 Å². The van der Waals surface area contributed by atoms with Crippen LogP contribution in [-0.4, -0.2) is 55.7 Å². The minimum atomic E-state index is -0.118. The zero-order valence-corrected chi connectivity index (χ0v) is 11.3. The molecule has 0 amide bonds. The molecule has 0 radical (unpaired) electrons. The Labute approximate surface area is 113 Å². The van der Waals surface area contributed by atoms with E-state index < -0.39 is 0 Å². The summed E-state index contributed by atoms with van der Waals surface area (Å²) in [5, 5.41) is 3.53. The van der Waals surface area contributed by atoms with Gasteiger partial charge >= 0.3 is 0 Å². The molecule has 1 N–H and O–H groups in total. The van der Waals surface area contributed by atoms with Gasteiger partial charge in [-0.15, -0.1) is 0 Å². The summed E-state index contributed by atoms with van der Waals surface area (Å²) in [6.07, 6.45) is 0. The Morgan fingerprint density at radius 1 is 1.26 bits per heavy atom. The van der Waals surface area contributed by atoms with Gasteiger partial charge in [0.2, 0.25) is 0 Å². The molecule has 4 heteroatoms. The van der Waals surface area contributed by atoms with Gasteiger partial charge in [-0.1, -0.05) is 12.1 Å². The van der Waals surface area contributed by atoms with Crippen LogP contribution in [0.15, 0.2) is 24.3 Å². The lowest BCUT2D eigenvalue weighted by atomic mass is 9.62.